The molecule has 1 aromatic heterocycles. The molecule has 0 bridgehead atoms. The summed E-state index contributed by atoms with van der Waals surface area (Å²) in [4.78, 5) is 6.02. The minimum atomic E-state index is -0.388. The van der Waals surface area contributed by atoms with E-state index in [-0.39, 0.29) is 6.10 Å². The summed E-state index contributed by atoms with van der Waals surface area (Å²) in [5.41, 5.74) is 0. The van der Waals surface area contributed by atoms with Crippen molar-refractivity contribution < 1.29 is 9.84 Å². The van der Waals surface area contributed by atoms with Crippen LogP contribution in [0.25, 0.3) is 0 Å². The van der Waals surface area contributed by atoms with E-state index in [4.69, 9.17) is 4.74 Å². The highest BCUT2D eigenvalue weighted by atomic mass is 32.1. The molecule has 1 atom stereocenters. The average Bonchev–Trinajstić information content (AvgIpc) is 2.92. The van der Waals surface area contributed by atoms with Crippen molar-refractivity contribution in [3.8, 4) is 0 Å². The molecule has 2 rings (SSSR count). The Bertz CT molecular complexity index is 362. The number of rotatable bonds is 7. The molecule has 1 N–H and O–H groups in total. The maximum atomic E-state index is 10.0. The van der Waals surface area contributed by atoms with E-state index in [1.54, 1.807) is 11.3 Å². The highest BCUT2D eigenvalue weighted by molar-refractivity contribution is 7.09. The molecule has 5 heteroatoms. The molecule has 1 unspecified atom stereocenters. The van der Waals surface area contributed by atoms with Gasteiger partial charge in [0, 0.05) is 43.6 Å². The van der Waals surface area contributed by atoms with Gasteiger partial charge in [-0.3, -0.25) is 9.80 Å². The maximum Gasteiger partial charge on any atom is 0.0900 e. The summed E-state index contributed by atoms with van der Waals surface area (Å²) in [6, 6.07) is 4.70. The Balaban J connectivity index is 1.59. The first-order valence-electron chi connectivity index (χ1n) is 7.39. The summed E-state index contributed by atoms with van der Waals surface area (Å²) in [7, 11) is 0. The first-order valence-corrected chi connectivity index (χ1v) is 8.27. The van der Waals surface area contributed by atoms with Gasteiger partial charge in [-0.05, 0) is 25.3 Å². The van der Waals surface area contributed by atoms with Crippen molar-refractivity contribution in [3.63, 3.8) is 0 Å². The van der Waals surface area contributed by atoms with Gasteiger partial charge in [0.15, 0.2) is 0 Å². The SMILES string of the molecule is CC(C)N1CCN(CC(O)COCc2cccs2)CC1. The zero-order valence-electron chi connectivity index (χ0n) is 12.5. The molecule has 1 aliphatic heterocycles. The molecule has 114 valence electrons. The van der Waals surface area contributed by atoms with Crippen molar-refractivity contribution in [2.45, 2.75) is 32.6 Å². The molecule has 0 saturated carbocycles. The van der Waals surface area contributed by atoms with E-state index in [2.05, 4.69) is 29.7 Å². The van der Waals surface area contributed by atoms with E-state index < -0.39 is 0 Å². The first-order chi connectivity index (χ1) is 9.65. The van der Waals surface area contributed by atoms with Gasteiger partial charge < -0.3 is 9.84 Å². The molecule has 0 radical (unpaired) electrons. The normalized spacial score (nSPS) is 19.6. The Kier molecular flexibility index (Phi) is 6.45. The predicted octanol–water partition coefficient (Wildman–Crippen LogP) is 1.65. The van der Waals surface area contributed by atoms with Crippen LogP contribution < -0.4 is 0 Å². The second-order valence-electron chi connectivity index (χ2n) is 5.68. The summed E-state index contributed by atoms with van der Waals surface area (Å²) < 4.78 is 5.56. The van der Waals surface area contributed by atoms with Crippen molar-refractivity contribution in [3.05, 3.63) is 22.4 Å². The lowest BCUT2D eigenvalue weighted by molar-refractivity contribution is -0.0000777. The highest BCUT2D eigenvalue weighted by Gasteiger charge is 2.20. The van der Waals surface area contributed by atoms with Gasteiger partial charge in [-0.25, -0.2) is 0 Å². The van der Waals surface area contributed by atoms with E-state index in [1.807, 2.05) is 11.4 Å². The molecule has 0 aromatic carbocycles. The zero-order chi connectivity index (χ0) is 14.4. The molecule has 2 heterocycles. The number of aliphatic hydroxyl groups excluding tert-OH is 1. The van der Waals surface area contributed by atoms with Crippen LogP contribution in [0.3, 0.4) is 0 Å². The molecular weight excluding hydrogens is 272 g/mol. The molecule has 1 saturated heterocycles. The van der Waals surface area contributed by atoms with Crippen LogP contribution in [-0.2, 0) is 11.3 Å². The topological polar surface area (TPSA) is 35.9 Å². The molecule has 0 amide bonds. The maximum absolute atomic E-state index is 10.0. The summed E-state index contributed by atoms with van der Waals surface area (Å²) in [5.74, 6) is 0. The van der Waals surface area contributed by atoms with E-state index in [0.29, 0.717) is 19.3 Å². The number of ether oxygens (including phenoxy) is 1. The monoisotopic (exact) mass is 298 g/mol. The number of nitrogens with zero attached hydrogens (tertiary/aromatic N) is 2. The molecule has 20 heavy (non-hydrogen) atoms. The quantitative estimate of drug-likeness (QED) is 0.830. The minimum absolute atomic E-state index is 0.388. The lowest BCUT2D eigenvalue weighted by Crippen LogP contribution is -2.50. The van der Waals surface area contributed by atoms with Crippen LogP contribution in [0.1, 0.15) is 18.7 Å². The van der Waals surface area contributed by atoms with Gasteiger partial charge in [-0.2, -0.15) is 0 Å². The standard InChI is InChI=1S/C15H26N2O2S/c1-13(2)17-7-5-16(6-8-17)10-14(18)11-19-12-15-4-3-9-20-15/h3-4,9,13-14,18H,5-8,10-12H2,1-2H3. The van der Waals surface area contributed by atoms with Crippen molar-refractivity contribution >= 4 is 11.3 Å². The van der Waals surface area contributed by atoms with Crippen LogP contribution >= 0.6 is 11.3 Å². The van der Waals surface area contributed by atoms with E-state index in [1.165, 1.54) is 4.88 Å². The van der Waals surface area contributed by atoms with Crippen LogP contribution in [-0.4, -0.2) is 66.4 Å². The predicted molar refractivity (Wildman–Crippen MR) is 83.1 cm³/mol. The summed E-state index contributed by atoms with van der Waals surface area (Å²) >= 11 is 1.69. The third-order valence-electron chi connectivity index (χ3n) is 3.74. The molecule has 1 aliphatic rings. The fourth-order valence-electron chi connectivity index (χ4n) is 2.50. The number of β-amino-alcohol motifs (C(OH)–C–C–N with tert-alkyl or cyclic N) is 1. The fourth-order valence-corrected chi connectivity index (χ4v) is 3.14. The van der Waals surface area contributed by atoms with Gasteiger partial charge in [-0.1, -0.05) is 6.07 Å². The third kappa shape index (κ3) is 5.14. The van der Waals surface area contributed by atoms with Gasteiger partial charge in [0.05, 0.1) is 19.3 Å². The molecular formula is C15H26N2O2S. The number of hydrogen-bond donors (Lipinski definition) is 1. The summed E-state index contributed by atoms with van der Waals surface area (Å²) in [5, 5.41) is 12.1. The largest absolute Gasteiger partial charge is 0.389 e. The minimum Gasteiger partial charge on any atom is -0.389 e. The lowest BCUT2D eigenvalue weighted by Gasteiger charge is -2.37. The molecule has 0 spiro atoms. The van der Waals surface area contributed by atoms with Crippen LogP contribution in [0.15, 0.2) is 17.5 Å². The second kappa shape index (κ2) is 8.10. The molecule has 1 aromatic rings. The highest BCUT2D eigenvalue weighted by Crippen LogP contribution is 2.10. The van der Waals surface area contributed by atoms with Crippen molar-refractivity contribution in [2.24, 2.45) is 0 Å². The zero-order valence-corrected chi connectivity index (χ0v) is 13.3. The van der Waals surface area contributed by atoms with Crippen molar-refractivity contribution in [1.29, 1.82) is 0 Å². The van der Waals surface area contributed by atoms with Gasteiger partial charge >= 0.3 is 0 Å². The van der Waals surface area contributed by atoms with E-state index in [0.717, 1.165) is 32.7 Å². The van der Waals surface area contributed by atoms with Crippen LogP contribution in [0, 0.1) is 0 Å². The number of thiophene rings is 1. The Morgan fingerprint density at radius 2 is 2.05 bits per heavy atom. The van der Waals surface area contributed by atoms with Crippen LogP contribution in [0.5, 0.6) is 0 Å². The second-order valence-corrected chi connectivity index (χ2v) is 6.71. The van der Waals surface area contributed by atoms with Gasteiger partial charge in [0.25, 0.3) is 0 Å². The molecule has 4 nitrogen and oxygen atoms in total. The Morgan fingerprint density at radius 3 is 2.65 bits per heavy atom. The van der Waals surface area contributed by atoms with Gasteiger partial charge in [0.1, 0.15) is 0 Å². The first kappa shape index (κ1) is 15.9. The lowest BCUT2D eigenvalue weighted by atomic mass is 10.2. The number of aliphatic hydroxyl groups is 1. The summed E-state index contributed by atoms with van der Waals surface area (Å²) in [6.07, 6.45) is -0.388. The smallest absolute Gasteiger partial charge is 0.0900 e. The van der Waals surface area contributed by atoms with Gasteiger partial charge in [0.2, 0.25) is 0 Å². The number of piperazine rings is 1. The van der Waals surface area contributed by atoms with E-state index in [9.17, 15) is 5.11 Å². The van der Waals surface area contributed by atoms with Crippen LogP contribution in [0.2, 0.25) is 0 Å². The third-order valence-corrected chi connectivity index (χ3v) is 4.59. The van der Waals surface area contributed by atoms with Crippen molar-refractivity contribution in [1.82, 2.24) is 9.80 Å². The average molecular weight is 298 g/mol. The fraction of sp³-hybridized carbons (Fsp3) is 0.733. The van der Waals surface area contributed by atoms with Crippen LogP contribution in [0.4, 0.5) is 0 Å². The number of hydrogen-bond acceptors (Lipinski definition) is 5. The molecule has 1 fully saturated rings. The Labute approximate surface area is 126 Å². The van der Waals surface area contributed by atoms with Gasteiger partial charge in [-0.15, -0.1) is 11.3 Å². The Hall–Kier alpha value is -0.460. The van der Waals surface area contributed by atoms with Crippen molar-refractivity contribution in [2.75, 3.05) is 39.3 Å². The molecule has 0 aliphatic carbocycles. The van der Waals surface area contributed by atoms with E-state index >= 15 is 0 Å². The summed E-state index contributed by atoms with van der Waals surface area (Å²) in [6.45, 7) is 10.5. The Morgan fingerprint density at radius 1 is 1.30 bits per heavy atom.